The van der Waals surface area contributed by atoms with Crippen molar-refractivity contribution in [3.63, 3.8) is 0 Å². The number of rotatable bonds is 3. The molecule has 1 aromatic rings. The van der Waals surface area contributed by atoms with E-state index in [9.17, 15) is 9.59 Å². The molecule has 0 aliphatic carbocycles. The Balaban J connectivity index is 2.87. The van der Waals surface area contributed by atoms with Gasteiger partial charge >= 0.3 is 5.91 Å². The molecule has 0 bridgehead atoms. The number of nitrogens with one attached hydrogen (secondary N) is 2. The monoisotopic (exact) mass is 269 g/mol. The van der Waals surface area contributed by atoms with Crippen molar-refractivity contribution in [2.45, 2.75) is 40.7 Å². The summed E-state index contributed by atoms with van der Waals surface area (Å²) in [6.45, 7) is 8.66. The maximum Gasteiger partial charge on any atom is 0.312 e. The van der Waals surface area contributed by atoms with Gasteiger partial charge in [0, 0.05) is 5.41 Å². The van der Waals surface area contributed by atoms with Gasteiger partial charge in [0.15, 0.2) is 0 Å². The fraction of sp³-hybridized carbons (Fsp3) is 0.583. The van der Waals surface area contributed by atoms with Crippen molar-refractivity contribution >= 4 is 11.8 Å². The number of hydrogen-bond acceptors (Lipinski definition) is 5. The van der Waals surface area contributed by atoms with Crippen LogP contribution in [0.3, 0.4) is 0 Å². The summed E-state index contributed by atoms with van der Waals surface area (Å²) in [5.74, 6) is -0.780. The molecule has 0 saturated carbocycles. The smallest absolute Gasteiger partial charge is 0.312 e. The number of carbonyl (C=O) groups is 2. The molecule has 2 amide bonds. The molecule has 1 heterocycles. The van der Waals surface area contributed by atoms with Gasteiger partial charge in [0.05, 0.1) is 5.69 Å². The fourth-order valence-electron chi connectivity index (χ4n) is 1.34. The van der Waals surface area contributed by atoms with Crippen molar-refractivity contribution in [1.29, 1.82) is 0 Å². The van der Waals surface area contributed by atoms with Crippen molar-refractivity contribution in [2.24, 2.45) is 5.41 Å². The van der Waals surface area contributed by atoms with Gasteiger partial charge in [0.25, 0.3) is 0 Å². The maximum atomic E-state index is 11.8. The highest BCUT2D eigenvalue weighted by atomic mass is 16.5. The predicted molar refractivity (Wildman–Crippen MR) is 66.5 cm³/mol. The number of hydroxylamine groups is 1. The zero-order valence-corrected chi connectivity index (χ0v) is 11.7. The summed E-state index contributed by atoms with van der Waals surface area (Å²) >= 11 is 0. The first-order valence-electron chi connectivity index (χ1n) is 5.89. The molecule has 0 spiro atoms. The highest BCUT2D eigenvalue weighted by molar-refractivity contribution is 5.91. The van der Waals surface area contributed by atoms with Crippen molar-refractivity contribution in [1.82, 2.24) is 15.8 Å². The maximum absolute atomic E-state index is 11.8. The Morgan fingerprint density at radius 3 is 2.42 bits per heavy atom. The zero-order chi connectivity index (χ0) is 14.8. The molecule has 0 radical (unpaired) electrons. The summed E-state index contributed by atoms with van der Waals surface area (Å²) < 4.78 is 5.24. The van der Waals surface area contributed by atoms with E-state index in [2.05, 4.69) is 10.3 Å². The van der Waals surface area contributed by atoms with Crippen LogP contribution in [-0.2, 0) is 4.79 Å². The van der Waals surface area contributed by atoms with E-state index in [-0.39, 0.29) is 17.6 Å². The summed E-state index contributed by atoms with van der Waals surface area (Å²) in [5.41, 5.74) is 1.30. The Hall–Kier alpha value is -1.89. The van der Waals surface area contributed by atoms with Crippen LogP contribution in [0.15, 0.2) is 4.42 Å². The average molecular weight is 269 g/mol. The number of oxazole rings is 1. The lowest BCUT2D eigenvalue weighted by Gasteiger charge is -2.20. The van der Waals surface area contributed by atoms with Crippen LogP contribution >= 0.6 is 0 Å². The van der Waals surface area contributed by atoms with Gasteiger partial charge in [-0.2, -0.15) is 0 Å². The van der Waals surface area contributed by atoms with Gasteiger partial charge in [-0.25, -0.2) is 10.5 Å². The van der Waals surface area contributed by atoms with Gasteiger partial charge in [-0.1, -0.05) is 20.8 Å². The fourth-order valence-corrected chi connectivity index (χ4v) is 1.34. The molecule has 0 saturated heterocycles. The summed E-state index contributed by atoms with van der Waals surface area (Å²) in [6, 6.07) is -0.467. The molecular weight excluding hydrogens is 250 g/mol. The molecule has 0 fully saturated rings. The van der Waals surface area contributed by atoms with E-state index in [0.29, 0.717) is 5.69 Å². The Bertz CT molecular complexity index is 488. The van der Waals surface area contributed by atoms with Gasteiger partial charge in [-0.3, -0.25) is 14.8 Å². The van der Waals surface area contributed by atoms with Crippen molar-refractivity contribution in [3.05, 3.63) is 17.3 Å². The number of nitrogens with zero attached hydrogens (tertiary/aromatic N) is 1. The molecule has 7 nitrogen and oxygen atoms in total. The van der Waals surface area contributed by atoms with Crippen molar-refractivity contribution in [2.75, 3.05) is 0 Å². The molecule has 106 valence electrons. The third-order valence-electron chi connectivity index (χ3n) is 2.52. The van der Waals surface area contributed by atoms with Crippen molar-refractivity contribution < 1.29 is 19.2 Å². The van der Waals surface area contributed by atoms with Gasteiger partial charge in [0.2, 0.25) is 17.6 Å². The molecule has 0 aromatic carbocycles. The lowest BCUT2D eigenvalue weighted by Crippen LogP contribution is -2.36. The Morgan fingerprint density at radius 1 is 1.37 bits per heavy atom. The molecule has 0 aliphatic heterocycles. The molecule has 0 aliphatic rings. The van der Waals surface area contributed by atoms with Crippen LogP contribution in [0.5, 0.6) is 0 Å². The summed E-state index contributed by atoms with van der Waals surface area (Å²) in [5, 5.41) is 11.3. The summed E-state index contributed by atoms with van der Waals surface area (Å²) in [6.07, 6.45) is 0. The van der Waals surface area contributed by atoms with E-state index >= 15 is 0 Å². The largest absolute Gasteiger partial charge is 0.433 e. The average Bonchev–Trinajstić information content (AvgIpc) is 2.69. The van der Waals surface area contributed by atoms with Crippen LogP contribution in [0.25, 0.3) is 0 Å². The predicted octanol–water partition coefficient (Wildman–Crippen LogP) is 1.33. The Morgan fingerprint density at radius 2 is 1.95 bits per heavy atom. The van der Waals surface area contributed by atoms with E-state index in [1.807, 2.05) is 0 Å². The minimum atomic E-state index is -0.773. The zero-order valence-electron chi connectivity index (χ0n) is 11.7. The highest BCUT2D eigenvalue weighted by Gasteiger charge is 2.26. The van der Waals surface area contributed by atoms with Crippen molar-refractivity contribution in [3.8, 4) is 0 Å². The second-order valence-corrected chi connectivity index (χ2v) is 5.35. The first-order valence-corrected chi connectivity index (χ1v) is 5.89. The minimum absolute atomic E-state index is 0.0747. The van der Waals surface area contributed by atoms with E-state index in [1.165, 1.54) is 5.48 Å². The Labute approximate surface area is 111 Å². The number of amides is 2. The lowest BCUT2D eigenvalue weighted by molar-refractivity contribution is -0.129. The molecule has 7 heteroatoms. The quantitative estimate of drug-likeness (QED) is 0.567. The van der Waals surface area contributed by atoms with Crippen LogP contribution in [0.4, 0.5) is 0 Å². The number of carbonyl (C=O) groups excluding carboxylic acids is 2. The molecule has 1 rings (SSSR count). The standard InChI is InChI=1S/C12H19N3O4/c1-6-8(9(16)15-18)19-10(13-6)7(2)14-11(17)12(3,4)5/h7,18H,1-5H3,(H,14,17)(H,15,16)/t7-/m0/s1. The molecule has 0 unspecified atom stereocenters. The first-order chi connectivity index (χ1) is 8.66. The third kappa shape index (κ3) is 3.54. The van der Waals surface area contributed by atoms with Gasteiger partial charge < -0.3 is 9.73 Å². The third-order valence-corrected chi connectivity index (χ3v) is 2.52. The first kappa shape index (κ1) is 15.2. The molecule has 19 heavy (non-hydrogen) atoms. The second-order valence-electron chi connectivity index (χ2n) is 5.35. The number of hydrogen-bond donors (Lipinski definition) is 3. The van der Waals surface area contributed by atoms with E-state index < -0.39 is 17.4 Å². The number of aryl methyl sites for hydroxylation is 1. The minimum Gasteiger partial charge on any atom is -0.433 e. The van der Waals surface area contributed by atoms with Gasteiger partial charge in [-0.15, -0.1) is 0 Å². The van der Waals surface area contributed by atoms with Crippen LogP contribution < -0.4 is 10.8 Å². The topological polar surface area (TPSA) is 104 Å². The van der Waals surface area contributed by atoms with Crippen LogP contribution in [0.2, 0.25) is 0 Å². The van der Waals surface area contributed by atoms with Crippen LogP contribution in [-0.4, -0.2) is 22.0 Å². The van der Waals surface area contributed by atoms with Crippen LogP contribution in [0.1, 0.15) is 55.9 Å². The lowest BCUT2D eigenvalue weighted by atomic mass is 9.95. The SMILES string of the molecule is Cc1nc([C@H](C)NC(=O)C(C)(C)C)oc1C(=O)NO. The van der Waals surface area contributed by atoms with E-state index in [0.717, 1.165) is 0 Å². The van der Waals surface area contributed by atoms with E-state index in [1.54, 1.807) is 34.6 Å². The molecule has 1 aromatic heterocycles. The molecule has 3 N–H and O–H groups in total. The molecule has 1 atom stereocenters. The second kappa shape index (κ2) is 5.40. The normalized spacial score (nSPS) is 12.9. The van der Waals surface area contributed by atoms with Gasteiger partial charge in [0.1, 0.15) is 6.04 Å². The summed E-state index contributed by atoms with van der Waals surface area (Å²) in [7, 11) is 0. The highest BCUT2D eigenvalue weighted by Crippen LogP contribution is 2.19. The van der Waals surface area contributed by atoms with Crippen LogP contribution in [0, 0.1) is 12.3 Å². The summed E-state index contributed by atoms with van der Waals surface area (Å²) in [4.78, 5) is 27.2. The molecular formula is C12H19N3O4. The van der Waals surface area contributed by atoms with Gasteiger partial charge in [-0.05, 0) is 13.8 Å². The number of aromatic nitrogens is 1. The Kier molecular flexibility index (Phi) is 4.31. The van der Waals surface area contributed by atoms with E-state index in [4.69, 9.17) is 9.62 Å².